The van der Waals surface area contributed by atoms with Crippen molar-refractivity contribution in [3.8, 4) is 0 Å². The summed E-state index contributed by atoms with van der Waals surface area (Å²) in [5.74, 6) is -0.682. The Balaban J connectivity index is 2.45. The molecule has 0 fully saturated rings. The molecule has 1 rings (SSSR count). The molecule has 0 radical (unpaired) electrons. The molecule has 0 aliphatic heterocycles. The molecule has 1 heterocycles. The molecule has 0 bridgehead atoms. The van der Waals surface area contributed by atoms with Crippen molar-refractivity contribution >= 4 is 11.8 Å². The normalized spacial score (nSPS) is 11.6. The van der Waals surface area contributed by atoms with Crippen LogP contribution in [0.5, 0.6) is 0 Å². The fourth-order valence-electron chi connectivity index (χ4n) is 0.996. The maximum absolute atomic E-state index is 11.5. The lowest BCUT2D eigenvalue weighted by molar-refractivity contribution is -0.125. The van der Waals surface area contributed by atoms with E-state index >= 15 is 0 Å². The van der Waals surface area contributed by atoms with Gasteiger partial charge < -0.3 is 0 Å². The van der Waals surface area contributed by atoms with Gasteiger partial charge in [-0.1, -0.05) is 13.8 Å². The van der Waals surface area contributed by atoms with Crippen molar-refractivity contribution in [2.45, 2.75) is 20.3 Å². The molecule has 0 aromatic carbocycles. The Morgan fingerprint density at radius 3 is 2.75 bits per heavy atom. The maximum Gasteiger partial charge on any atom is 0.271 e. The second-order valence-corrected chi connectivity index (χ2v) is 3.49. The molecule has 0 spiro atoms. The average molecular weight is 221 g/mol. The monoisotopic (exact) mass is 221 g/mol. The van der Waals surface area contributed by atoms with Gasteiger partial charge in [-0.05, 0) is 18.6 Å². The Bertz CT molecular complexity index is 365. The van der Waals surface area contributed by atoms with Gasteiger partial charge in [-0.2, -0.15) is 0 Å². The fraction of sp³-hybridized carbons (Fsp3) is 0.364. The van der Waals surface area contributed by atoms with Crippen molar-refractivity contribution in [3.63, 3.8) is 0 Å². The smallest absolute Gasteiger partial charge is 0.271 e. The quantitative estimate of drug-likeness (QED) is 0.744. The number of pyridine rings is 1. The van der Waals surface area contributed by atoms with Crippen LogP contribution < -0.4 is 10.9 Å². The van der Waals surface area contributed by atoms with Crippen LogP contribution in [-0.4, -0.2) is 16.8 Å². The highest BCUT2D eigenvalue weighted by Gasteiger charge is 2.11. The van der Waals surface area contributed by atoms with Crippen LogP contribution in [0.2, 0.25) is 0 Å². The fourth-order valence-corrected chi connectivity index (χ4v) is 0.996. The van der Waals surface area contributed by atoms with E-state index in [-0.39, 0.29) is 17.7 Å². The van der Waals surface area contributed by atoms with Gasteiger partial charge in [-0.25, -0.2) is 0 Å². The third kappa shape index (κ3) is 3.34. The molecule has 0 aliphatic rings. The van der Waals surface area contributed by atoms with Crippen molar-refractivity contribution < 1.29 is 9.59 Å². The van der Waals surface area contributed by atoms with Gasteiger partial charge in [-0.3, -0.25) is 25.4 Å². The Hall–Kier alpha value is -1.91. The molecule has 16 heavy (non-hydrogen) atoms. The minimum absolute atomic E-state index is 0.116. The van der Waals surface area contributed by atoms with Crippen LogP contribution >= 0.6 is 0 Å². The Morgan fingerprint density at radius 1 is 1.44 bits per heavy atom. The summed E-state index contributed by atoms with van der Waals surface area (Å²) in [5, 5.41) is 0. The summed E-state index contributed by atoms with van der Waals surface area (Å²) in [6, 6.07) is 3.28. The van der Waals surface area contributed by atoms with Crippen LogP contribution in [0.3, 0.4) is 0 Å². The number of hydrogen-bond donors (Lipinski definition) is 2. The Morgan fingerprint density at radius 2 is 2.19 bits per heavy atom. The van der Waals surface area contributed by atoms with Gasteiger partial charge >= 0.3 is 0 Å². The molecule has 86 valence electrons. The molecular weight excluding hydrogens is 206 g/mol. The van der Waals surface area contributed by atoms with Gasteiger partial charge in [0.25, 0.3) is 5.91 Å². The first-order valence-electron chi connectivity index (χ1n) is 5.15. The number of hydrazine groups is 1. The molecule has 5 heteroatoms. The van der Waals surface area contributed by atoms with E-state index in [0.717, 1.165) is 6.42 Å². The molecular formula is C11H15N3O2. The highest BCUT2D eigenvalue weighted by molar-refractivity contribution is 5.95. The first-order chi connectivity index (χ1) is 7.65. The molecule has 0 saturated carbocycles. The van der Waals surface area contributed by atoms with Crippen molar-refractivity contribution in [1.82, 2.24) is 15.8 Å². The lowest BCUT2D eigenvalue weighted by Gasteiger charge is -2.10. The largest absolute Gasteiger partial charge is 0.273 e. The molecule has 1 unspecified atom stereocenters. The lowest BCUT2D eigenvalue weighted by Crippen LogP contribution is -2.43. The van der Waals surface area contributed by atoms with Crippen LogP contribution in [0.15, 0.2) is 24.5 Å². The van der Waals surface area contributed by atoms with Crippen molar-refractivity contribution in [2.24, 2.45) is 5.92 Å². The Kier molecular flexibility index (Phi) is 4.44. The number of hydrogen-bond acceptors (Lipinski definition) is 3. The molecule has 1 aromatic rings. The zero-order valence-electron chi connectivity index (χ0n) is 9.36. The van der Waals surface area contributed by atoms with E-state index in [2.05, 4.69) is 15.8 Å². The number of amides is 2. The predicted molar refractivity (Wildman–Crippen MR) is 59.3 cm³/mol. The van der Waals surface area contributed by atoms with Crippen LogP contribution in [0, 0.1) is 5.92 Å². The lowest BCUT2D eigenvalue weighted by atomic mass is 10.1. The number of aromatic nitrogens is 1. The SMILES string of the molecule is CCC(C)C(=O)NNC(=O)c1cccnc1. The van der Waals surface area contributed by atoms with E-state index in [1.165, 1.54) is 6.20 Å². The van der Waals surface area contributed by atoms with Gasteiger partial charge in [0.2, 0.25) is 5.91 Å². The molecule has 5 nitrogen and oxygen atoms in total. The van der Waals surface area contributed by atoms with Crippen molar-refractivity contribution in [2.75, 3.05) is 0 Å². The van der Waals surface area contributed by atoms with Crippen LogP contribution in [0.1, 0.15) is 30.6 Å². The molecule has 1 aromatic heterocycles. The minimum Gasteiger partial charge on any atom is -0.273 e. The second-order valence-electron chi connectivity index (χ2n) is 3.49. The van der Waals surface area contributed by atoms with Crippen LogP contribution in [0.4, 0.5) is 0 Å². The van der Waals surface area contributed by atoms with Gasteiger partial charge in [0.05, 0.1) is 5.56 Å². The van der Waals surface area contributed by atoms with Crippen molar-refractivity contribution in [1.29, 1.82) is 0 Å². The van der Waals surface area contributed by atoms with Crippen LogP contribution in [-0.2, 0) is 4.79 Å². The zero-order chi connectivity index (χ0) is 12.0. The third-order valence-corrected chi connectivity index (χ3v) is 2.28. The van der Waals surface area contributed by atoms with Gasteiger partial charge in [0, 0.05) is 18.3 Å². The maximum atomic E-state index is 11.5. The van der Waals surface area contributed by atoms with Gasteiger partial charge in [-0.15, -0.1) is 0 Å². The summed E-state index contributed by atoms with van der Waals surface area (Å²) in [5.41, 5.74) is 5.11. The highest BCUT2D eigenvalue weighted by Crippen LogP contribution is 1.99. The first kappa shape index (κ1) is 12.2. The minimum atomic E-state index is -0.371. The number of nitrogens with zero attached hydrogens (tertiary/aromatic N) is 1. The third-order valence-electron chi connectivity index (χ3n) is 2.28. The molecule has 0 aliphatic carbocycles. The van der Waals surface area contributed by atoms with E-state index in [1.807, 2.05) is 6.92 Å². The standard InChI is InChI=1S/C11H15N3O2/c1-3-8(2)10(15)13-14-11(16)9-5-4-6-12-7-9/h4-8H,3H2,1-2H3,(H,13,15)(H,14,16). The number of carbonyl (C=O) groups excluding carboxylic acids is 2. The summed E-state index contributed by atoms with van der Waals surface area (Å²) in [6.45, 7) is 3.71. The summed E-state index contributed by atoms with van der Waals surface area (Å²) < 4.78 is 0. The highest BCUT2D eigenvalue weighted by atomic mass is 16.2. The summed E-state index contributed by atoms with van der Waals surface area (Å²) in [7, 11) is 0. The average Bonchev–Trinajstić information content (AvgIpc) is 2.35. The molecule has 1 atom stereocenters. The Labute approximate surface area is 94.2 Å². The number of rotatable bonds is 3. The van der Waals surface area contributed by atoms with E-state index < -0.39 is 0 Å². The molecule has 0 saturated heterocycles. The van der Waals surface area contributed by atoms with Gasteiger partial charge in [0.1, 0.15) is 0 Å². The molecule has 2 N–H and O–H groups in total. The zero-order valence-corrected chi connectivity index (χ0v) is 9.36. The van der Waals surface area contributed by atoms with E-state index in [0.29, 0.717) is 5.56 Å². The number of nitrogens with one attached hydrogen (secondary N) is 2. The van der Waals surface area contributed by atoms with E-state index in [1.54, 1.807) is 25.3 Å². The first-order valence-corrected chi connectivity index (χ1v) is 5.15. The number of carbonyl (C=O) groups is 2. The summed E-state index contributed by atoms with van der Waals surface area (Å²) in [6.07, 6.45) is 3.74. The van der Waals surface area contributed by atoms with Crippen molar-refractivity contribution in [3.05, 3.63) is 30.1 Å². The second kappa shape index (κ2) is 5.85. The topological polar surface area (TPSA) is 71.1 Å². The predicted octanol–water partition coefficient (Wildman–Crippen LogP) is 0.889. The molecule has 2 amide bonds. The van der Waals surface area contributed by atoms with Gasteiger partial charge in [0.15, 0.2) is 0 Å². The summed E-state index contributed by atoms with van der Waals surface area (Å²) in [4.78, 5) is 26.7. The van der Waals surface area contributed by atoms with Crippen LogP contribution in [0.25, 0.3) is 0 Å². The van der Waals surface area contributed by atoms with E-state index in [4.69, 9.17) is 0 Å². The van der Waals surface area contributed by atoms with E-state index in [9.17, 15) is 9.59 Å². The summed E-state index contributed by atoms with van der Waals surface area (Å²) >= 11 is 0.